The van der Waals surface area contributed by atoms with Crippen molar-refractivity contribution in [3.8, 4) is 0 Å². The normalized spacial score (nSPS) is 16.7. The molecule has 1 aliphatic carbocycles. The maximum atomic E-state index is 12.9. The number of piperazine rings is 1. The number of benzene rings is 1. The summed E-state index contributed by atoms with van der Waals surface area (Å²) in [7, 11) is 0. The topological polar surface area (TPSA) is 92.5 Å². The van der Waals surface area contributed by atoms with Gasteiger partial charge in [0.15, 0.2) is 0 Å². The van der Waals surface area contributed by atoms with Gasteiger partial charge in [0.25, 0.3) is 11.6 Å². The SMILES string of the molecule is Cc1sc2nc(C3CC3)nc(N3CCN(C(=O)c4cccc([N+](=O)[O-])c4)CC3)c2c1C. The lowest BCUT2D eigenvalue weighted by Gasteiger charge is -2.36. The molecule has 1 aromatic carbocycles. The molecule has 8 nitrogen and oxygen atoms in total. The van der Waals surface area contributed by atoms with Gasteiger partial charge in [-0.05, 0) is 38.3 Å². The molecule has 1 amide bonds. The summed E-state index contributed by atoms with van der Waals surface area (Å²) < 4.78 is 0. The Morgan fingerprint density at radius 1 is 1.16 bits per heavy atom. The number of non-ortho nitro benzene ring substituents is 1. The highest BCUT2D eigenvalue weighted by atomic mass is 32.1. The molecule has 5 rings (SSSR count). The average molecular weight is 438 g/mol. The van der Waals surface area contributed by atoms with Gasteiger partial charge in [-0.25, -0.2) is 9.97 Å². The molecule has 2 aliphatic rings. The van der Waals surface area contributed by atoms with Gasteiger partial charge in [-0.1, -0.05) is 6.07 Å². The lowest BCUT2D eigenvalue weighted by Crippen LogP contribution is -2.49. The van der Waals surface area contributed by atoms with Crippen LogP contribution in [-0.2, 0) is 0 Å². The van der Waals surface area contributed by atoms with Crippen LogP contribution in [0.4, 0.5) is 11.5 Å². The van der Waals surface area contributed by atoms with Crippen molar-refractivity contribution in [2.75, 3.05) is 31.1 Å². The van der Waals surface area contributed by atoms with Crippen LogP contribution in [0.1, 0.15) is 45.4 Å². The lowest BCUT2D eigenvalue weighted by molar-refractivity contribution is -0.384. The number of nitrogens with zero attached hydrogens (tertiary/aromatic N) is 5. The second-order valence-electron chi connectivity index (χ2n) is 8.23. The highest BCUT2D eigenvalue weighted by Crippen LogP contribution is 2.42. The van der Waals surface area contributed by atoms with Crippen molar-refractivity contribution < 1.29 is 9.72 Å². The minimum Gasteiger partial charge on any atom is -0.352 e. The fourth-order valence-electron chi connectivity index (χ4n) is 4.05. The van der Waals surface area contributed by atoms with Gasteiger partial charge in [0.1, 0.15) is 16.5 Å². The monoisotopic (exact) mass is 437 g/mol. The molecule has 31 heavy (non-hydrogen) atoms. The number of anilines is 1. The van der Waals surface area contributed by atoms with E-state index in [9.17, 15) is 14.9 Å². The van der Waals surface area contributed by atoms with Crippen LogP contribution >= 0.6 is 11.3 Å². The van der Waals surface area contributed by atoms with E-state index in [0.29, 0.717) is 37.7 Å². The van der Waals surface area contributed by atoms with Crippen molar-refractivity contribution in [1.82, 2.24) is 14.9 Å². The number of amides is 1. The fourth-order valence-corrected chi connectivity index (χ4v) is 5.08. The standard InChI is InChI=1S/C22H23N5O3S/c1-13-14(2)31-21-18(13)20(23-19(24-21)15-6-7-15)25-8-10-26(11-9-25)22(28)16-4-3-5-17(12-16)27(29)30/h3-5,12,15H,6-11H2,1-2H3. The summed E-state index contributed by atoms with van der Waals surface area (Å²) in [6.45, 7) is 6.69. The van der Waals surface area contributed by atoms with Crippen molar-refractivity contribution in [2.45, 2.75) is 32.6 Å². The van der Waals surface area contributed by atoms with E-state index in [2.05, 4.69) is 18.7 Å². The minimum absolute atomic E-state index is 0.0660. The Kier molecular flexibility index (Phi) is 4.85. The lowest BCUT2D eigenvalue weighted by atomic mass is 10.1. The van der Waals surface area contributed by atoms with Crippen LogP contribution in [0.25, 0.3) is 10.2 Å². The molecule has 0 N–H and O–H groups in total. The summed E-state index contributed by atoms with van der Waals surface area (Å²) in [5.41, 5.74) is 1.52. The van der Waals surface area contributed by atoms with E-state index in [1.165, 1.54) is 22.6 Å². The molecule has 1 aliphatic heterocycles. The summed E-state index contributed by atoms with van der Waals surface area (Å²) in [4.78, 5) is 39.6. The molecule has 3 aromatic rings. The van der Waals surface area contributed by atoms with E-state index >= 15 is 0 Å². The largest absolute Gasteiger partial charge is 0.352 e. The third kappa shape index (κ3) is 3.63. The Labute approximate surface area is 183 Å². The molecule has 0 unspecified atom stereocenters. The first-order valence-corrected chi connectivity index (χ1v) is 11.3. The third-order valence-corrected chi connectivity index (χ3v) is 7.24. The van der Waals surface area contributed by atoms with Crippen molar-refractivity contribution in [3.05, 3.63) is 56.2 Å². The molecule has 160 valence electrons. The summed E-state index contributed by atoms with van der Waals surface area (Å²) in [5, 5.41) is 12.2. The maximum absolute atomic E-state index is 12.9. The van der Waals surface area contributed by atoms with Crippen LogP contribution < -0.4 is 4.90 Å². The number of hydrogen-bond acceptors (Lipinski definition) is 7. The van der Waals surface area contributed by atoms with Crippen LogP contribution in [0.2, 0.25) is 0 Å². The molecule has 0 spiro atoms. The van der Waals surface area contributed by atoms with Crippen LogP contribution in [0.5, 0.6) is 0 Å². The average Bonchev–Trinajstić information content (AvgIpc) is 3.59. The number of aryl methyl sites for hydroxylation is 2. The Balaban J connectivity index is 1.38. The summed E-state index contributed by atoms with van der Waals surface area (Å²) >= 11 is 1.73. The quantitative estimate of drug-likeness (QED) is 0.451. The molecule has 2 aromatic heterocycles. The van der Waals surface area contributed by atoms with Crippen molar-refractivity contribution in [1.29, 1.82) is 0 Å². The summed E-state index contributed by atoms with van der Waals surface area (Å²) in [6, 6.07) is 5.94. The molecule has 1 saturated heterocycles. The number of carbonyl (C=O) groups excluding carboxylic acids is 1. The highest BCUT2D eigenvalue weighted by Gasteiger charge is 2.31. The Hall–Kier alpha value is -3.07. The summed E-state index contributed by atoms with van der Waals surface area (Å²) in [5.74, 6) is 2.23. The highest BCUT2D eigenvalue weighted by molar-refractivity contribution is 7.18. The van der Waals surface area contributed by atoms with Gasteiger partial charge in [0.05, 0.1) is 10.3 Å². The Morgan fingerprint density at radius 2 is 1.90 bits per heavy atom. The molecule has 0 atom stereocenters. The second kappa shape index (κ2) is 7.56. The number of fused-ring (bicyclic) bond motifs is 1. The van der Waals surface area contributed by atoms with E-state index in [0.717, 1.165) is 34.7 Å². The zero-order valence-electron chi connectivity index (χ0n) is 17.5. The second-order valence-corrected chi connectivity index (χ2v) is 9.43. The smallest absolute Gasteiger partial charge is 0.270 e. The van der Waals surface area contributed by atoms with E-state index < -0.39 is 4.92 Å². The number of thiophene rings is 1. The Morgan fingerprint density at radius 3 is 2.58 bits per heavy atom. The molecule has 1 saturated carbocycles. The van der Waals surface area contributed by atoms with Gasteiger partial charge >= 0.3 is 0 Å². The molecule has 0 bridgehead atoms. The summed E-state index contributed by atoms with van der Waals surface area (Å²) in [6.07, 6.45) is 2.31. The van der Waals surface area contributed by atoms with E-state index in [-0.39, 0.29) is 11.6 Å². The maximum Gasteiger partial charge on any atom is 0.270 e. The third-order valence-electron chi connectivity index (χ3n) is 6.14. The number of aromatic nitrogens is 2. The van der Waals surface area contributed by atoms with E-state index in [1.807, 2.05) is 0 Å². The molecule has 3 heterocycles. The van der Waals surface area contributed by atoms with Crippen molar-refractivity contribution in [3.63, 3.8) is 0 Å². The molecular formula is C22H23N5O3S. The van der Waals surface area contributed by atoms with Gasteiger partial charge in [-0.3, -0.25) is 14.9 Å². The molecular weight excluding hydrogens is 414 g/mol. The fraction of sp³-hybridized carbons (Fsp3) is 0.409. The molecule has 9 heteroatoms. The van der Waals surface area contributed by atoms with Gasteiger partial charge in [0.2, 0.25) is 0 Å². The van der Waals surface area contributed by atoms with Gasteiger partial charge in [-0.15, -0.1) is 11.3 Å². The number of hydrogen-bond donors (Lipinski definition) is 0. The number of carbonyl (C=O) groups is 1. The van der Waals surface area contributed by atoms with Crippen molar-refractivity contribution in [2.24, 2.45) is 0 Å². The zero-order valence-corrected chi connectivity index (χ0v) is 18.3. The predicted octanol–water partition coefficient (Wildman–Crippen LogP) is 4.06. The van der Waals surface area contributed by atoms with Gasteiger partial charge in [0, 0.05) is 54.7 Å². The van der Waals surface area contributed by atoms with Gasteiger partial charge < -0.3 is 9.80 Å². The first-order valence-electron chi connectivity index (χ1n) is 10.5. The van der Waals surface area contributed by atoms with Crippen LogP contribution in [0.3, 0.4) is 0 Å². The zero-order chi connectivity index (χ0) is 21.7. The van der Waals surface area contributed by atoms with Crippen LogP contribution in [0.15, 0.2) is 24.3 Å². The van der Waals surface area contributed by atoms with Crippen LogP contribution in [-0.4, -0.2) is 51.9 Å². The Bertz CT molecular complexity index is 1200. The van der Waals surface area contributed by atoms with Crippen LogP contribution in [0, 0.1) is 24.0 Å². The van der Waals surface area contributed by atoms with Crippen molar-refractivity contribution >= 4 is 39.0 Å². The predicted molar refractivity (Wildman–Crippen MR) is 120 cm³/mol. The van der Waals surface area contributed by atoms with Gasteiger partial charge in [-0.2, -0.15) is 0 Å². The minimum atomic E-state index is -0.474. The first kappa shape index (κ1) is 19.9. The number of nitro groups is 1. The molecule has 2 fully saturated rings. The first-order chi connectivity index (χ1) is 14.9. The number of nitro benzene ring substituents is 1. The van der Waals surface area contributed by atoms with E-state index in [1.54, 1.807) is 28.4 Å². The van der Waals surface area contributed by atoms with E-state index in [4.69, 9.17) is 9.97 Å². The molecule has 0 radical (unpaired) electrons. The number of rotatable bonds is 4.